The van der Waals surface area contributed by atoms with E-state index >= 15 is 0 Å². The number of nitrogens with zero attached hydrogens (tertiary/aromatic N) is 5. The summed E-state index contributed by atoms with van der Waals surface area (Å²) >= 11 is 12.1. The topological polar surface area (TPSA) is 93.7 Å². The number of hydrogen-bond donors (Lipinski definition) is 0. The molecule has 2 aromatic rings. The van der Waals surface area contributed by atoms with Crippen LogP contribution in [0.2, 0.25) is 10.0 Å². The zero-order valence-electron chi connectivity index (χ0n) is 15.2. The van der Waals surface area contributed by atoms with Crippen molar-refractivity contribution in [1.29, 1.82) is 0 Å². The van der Waals surface area contributed by atoms with Crippen LogP contribution in [0.15, 0.2) is 24.4 Å². The van der Waals surface area contributed by atoms with Gasteiger partial charge < -0.3 is 9.64 Å². The Kier molecular flexibility index (Phi) is 6.38. The van der Waals surface area contributed by atoms with E-state index in [1.807, 2.05) is 6.07 Å². The second kappa shape index (κ2) is 8.76. The van der Waals surface area contributed by atoms with Gasteiger partial charge in [-0.25, -0.2) is 0 Å². The Morgan fingerprint density at radius 3 is 2.57 bits per heavy atom. The number of halogens is 2. The van der Waals surface area contributed by atoms with Crippen molar-refractivity contribution in [1.82, 2.24) is 19.6 Å². The molecular formula is C17H19Cl2N5O4. The number of rotatable bonds is 6. The highest BCUT2D eigenvalue weighted by atomic mass is 35.5. The molecule has 1 saturated heterocycles. The first-order chi connectivity index (χ1) is 13.4. The lowest BCUT2D eigenvalue weighted by molar-refractivity contribution is -0.385. The quantitative estimate of drug-likeness (QED) is 0.518. The van der Waals surface area contributed by atoms with Crippen molar-refractivity contribution in [3.05, 3.63) is 50.1 Å². The molecule has 150 valence electrons. The zero-order valence-corrected chi connectivity index (χ0v) is 16.7. The van der Waals surface area contributed by atoms with E-state index in [2.05, 4.69) is 10.00 Å². The third kappa shape index (κ3) is 4.73. The van der Waals surface area contributed by atoms with Gasteiger partial charge in [0.15, 0.2) is 0 Å². The Morgan fingerprint density at radius 1 is 1.29 bits per heavy atom. The van der Waals surface area contributed by atoms with Crippen molar-refractivity contribution in [2.75, 3.05) is 33.3 Å². The van der Waals surface area contributed by atoms with Gasteiger partial charge in [0.2, 0.25) is 5.91 Å². The number of carbonyl (C=O) groups is 1. The average Bonchev–Trinajstić information content (AvgIpc) is 3.08. The number of carbonyl (C=O) groups excluding carboxylic acids is 1. The highest BCUT2D eigenvalue weighted by Crippen LogP contribution is 2.24. The van der Waals surface area contributed by atoms with Crippen molar-refractivity contribution in [2.45, 2.75) is 13.1 Å². The molecule has 1 fully saturated rings. The number of aromatic nitrogens is 2. The largest absolute Gasteiger partial charge is 0.475 e. The van der Waals surface area contributed by atoms with Crippen LogP contribution in [-0.2, 0) is 17.9 Å². The van der Waals surface area contributed by atoms with Crippen LogP contribution in [0, 0.1) is 10.1 Å². The van der Waals surface area contributed by atoms with E-state index < -0.39 is 4.92 Å². The van der Waals surface area contributed by atoms with Crippen molar-refractivity contribution >= 4 is 34.8 Å². The summed E-state index contributed by atoms with van der Waals surface area (Å²) < 4.78 is 6.11. The van der Waals surface area contributed by atoms with E-state index in [4.69, 9.17) is 27.9 Å². The summed E-state index contributed by atoms with van der Waals surface area (Å²) in [7, 11) is 1.30. The average molecular weight is 428 g/mol. The number of methoxy groups -OCH3 is 1. The highest BCUT2D eigenvalue weighted by Gasteiger charge is 2.25. The molecular weight excluding hydrogens is 409 g/mol. The summed E-state index contributed by atoms with van der Waals surface area (Å²) in [5.41, 5.74) is 0.724. The van der Waals surface area contributed by atoms with E-state index in [1.165, 1.54) is 18.0 Å². The van der Waals surface area contributed by atoms with Crippen LogP contribution >= 0.6 is 23.2 Å². The molecule has 1 amide bonds. The van der Waals surface area contributed by atoms with Crippen molar-refractivity contribution < 1.29 is 14.5 Å². The molecule has 0 aliphatic carbocycles. The Morgan fingerprint density at radius 2 is 2.00 bits per heavy atom. The van der Waals surface area contributed by atoms with Crippen LogP contribution in [-0.4, -0.2) is 63.7 Å². The molecule has 0 radical (unpaired) electrons. The first-order valence-electron chi connectivity index (χ1n) is 8.57. The number of amides is 1. The smallest absolute Gasteiger partial charge is 0.350 e. The molecule has 0 atom stereocenters. The summed E-state index contributed by atoms with van der Waals surface area (Å²) in [4.78, 5) is 26.8. The molecule has 0 saturated carbocycles. The molecule has 1 aromatic heterocycles. The van der Waals surface area contributed by atoms with Crippen molar-refractivity contribution in [3.63, 3.8) is 0 Å². The fourth-order valence-electron chi connectivity index (χ4n) is 3.03. The van der Waals surface area contributed by atoms with E-state index in [-0.39, 0.29) is 24.0 Å². The fraction of sp³-hybridized carbons (Fsp3) is 0.412. The van der Waals surface area contributed by atoms with E-state index in [0.29, 0.717) is 42.8 Å². The van der Waals surface area contributed by atoms with Crippen LogP contribution in [0.1, 0.15) is 5.56 Å². The highest BCUT2D eigenvalue weighted by molar-refractivity contribution is 6.35. The minimum Gasteiger partial charge on any atom is -0.475 e. The maximum atomic E-state index is 12.5. The minimum absolute atomic E-state index is 0.0762. The third-order valence-electron chi connectivity index (χ3n) is 4.53. The molecule has 11 heteroatoms. The zero-order chi connectivity index (χ0) is 20.3. The lowest BCUT2D eigenvalue weighted by Crippen LogP contribution is -2.49. The van der Waals surface area contributed by atoms with Crippen LogP contribution in [0.25, 0.3) is 0 Å². The SMILES string of the molecule is COc1nn(CC(=O)N2CCN(Cc3ccc(Cl)cc3Cl)CC2)cc1[N+](=O)[O-]. The maximum absolute atomic E-state index is 12.5. The summed E-state index contributed by atoms with van der Waals surface area (Å²) in [6.07, 6.45) is 1.20. The van der Waals surface area contributed by atoms with Gasteiger partial charge in [-0.3, -0.25) is 24.5 Å². The second-order valence-electron chi connectivity index (χ2n) is 6.37. The standard InChI is InChI=1S/C17H19Cl2N5O4/c1-28-17-15(24(26)27)10-23(20-17)11-16(25)22-6-4-21(5-7-22)9-12-2-3-13(18)8-14(12)19/h2-3,8,10H,4-7,9,11H2,1H3. The van der Waals surface area contributed by atoms with Gasteiger partial charge in [-0.15, -0.1) is 5.10 Å². The van der Waals surface area contributed by atoms with Gasteiger partial charge in [-0.2, -0.15) is 0 Å². The van der Waals surface area contributed by atoms with Gasteiger partial charge >= 0.3 is 11.6 Å². The molecule has 1 aromatic carbocycles. The Balaban J connectivity index is 1.54. The van der Waals surface area contributed by atoms with Crippen LogP contribution < -0.4 is 4.74 Å². The fourth-order valence-corrected chi connectivity index (χ4v) is 3.50. The molecule has 0 spiro atoms. The molecule has 0 N–H and O–H groups in total. The summed E-state index contributed by atoms with van der Waals surface area (Å²) in [5, 5.41) is 16.1. The molecule has 1 aliphatic heterocycles. The number of piperazine rings is 1. The van der Waals surface area contributed by atoms with Gasteiger partial charge in [0.05, 0.1) is 12.0 Å². The first kappa shape index (κ1) is 20.4. The number of hydrogen-bond acceptors (Lipinski definition) is 6. The van der Waals surface area contributed by atoms with E-state index in [0.717, 1.165) is 5.56 Å². The van der Waals surface area contributed by atoms with Crippen LogP contribution in [0.5, 0.6) is 5.88 Å². The first-order valence-corrected chi connectivity index (χ1v) is 9.33. The van der Waals surface area contributed by atoms with Gasteiger partial charge in [0, 0.05) is 42.8 Å². The molecule has 1 aliphatic rings. The lowest BCUT2D eigenvalue weighted by atomic mass is 10.2. The Hall–Kier alpha value is -2.36. The number of benzene rings is 1. The Labute approximate surface area is 171 Å². The number of ether oxygens (including phenoxy) is 1. The summed E-state index contributed by atoms with van der Waals surface area (Å²) in [6, 6.07) is 5.43. The molecule has 0 unspecified atom stereocenters. The van der Waals surface area contributed by atoms with Gasteiger partial charge in [0.25, 0.3) is 0 Å². The normalized spacial score (nSPS) is 14.9. The molecule has 28 heavy (non-hydrogen) atoms. The van der Waals surface area contributed by atoms with E-state index in [1.54, 1.807) is 17.0 Å². The monoisotopic (exact) mass is 427 g/mol. The third-order valence-corrected chi connectivity index (χ3v) is 5.12. The summed E-state index contributed by atoms with van der Waals surface area (Å²) in [6.45, 7) is 3.13. The predicted octanol–water partition coefficient (Wildman–Crippen LogP) is 2.45. The number of nitro groups is 1. The molecule has 9 nitrogen and oxygen atoms in total. The van der Waals surface area contributed by atoms with Gasteiger partial charge in [-0.1, -0.05) is 29.3 Å². The maximum Gasteiger partial charge on any atom is 0.350 e. The lowest BCUT2D eigenvalue weighted by Gasteiger charge is -2.34. The van der Waals surface area contributed by atoms with Gasteiger partial charge in [-0.05, 0) is 17.7 Å². The van der Waals surface area contributed by atoms with Crippen LogP contribution in [0.3, 0.4) is 0 Å². The van der Waals surface area contributed by atoms with Crippen LogP contribution in [0.4, 0.5) is 5.69 Å². The minimum atomic E-state index is -0.590. The van der Waals surface area contributed by atoms with Gasteiger partial charge in [0.1, 0.15) is 12.7 Å². The second-order valence-corrected chi connectivity index (χ2v) is 7.21. The molecule has 0 bridgehead atoms. The van der Waals surface area contributed by atoms with Crippen molar-refractivity contribution in [2.24, 2.45) is 0 Å². The van der Waals surface area contributed by atoms with Crippen molar-refractivity contribution in [3.8, 4) is 5.88 Å². The predicted molar refractivity (Wildman–Crippen MR) is 104 cm³/mol. The molecule has 3 rings (SSSR count). The summed E-state index contributed by atoms with van der Waals surface area (Å²) in [5.74, 6) is -0.258. The Bertz CT molecular complexity index is 880. The van der Waals surface area contributed by atoms with E-state index in [9.17, 15) is 14.9 Å². The molecule has 2 heterocycles.